The lowest BCUT2D eigenvalue weighted by atomic mass is 10.0. The minimum atomic E-state index is -0.313. The van der Waals surface area contributed by atoms with E-state index in [9.17, 15) is 0 Å². The summed E-state index contributed by atoms with van der Waals surface area (Å²) in [6.45, 7) is 0. The quantitative estimate of drug-likeness (QED) is 0.704. The summed E-state index contributed by atoms with van der Waals surface area (Å²) in [5, 5.41) is 2.14. The minimum absolute atomic E-state index is 0.0632. The lowest BCUT2D eigenvalue weighted by Gasteiger charge is -2.39. The number of nitrogens with zero attached hydrogens (tertiary/aromatic N) is 1. The molecule has 0 aliphatic carbocycles. The van der Waals surface area contributed by atoms with Crippen molar-refractivity contribution in [3.05, 3.63) is 95.6 Å². The van der Waals surface area contributed by atoms with Crippen LogP contribution in [0.15, 0.2) is 78.9 Å². The topological polar surface area (TPSA) is 43.0 Å². The van der Waals surface area contributed by atoms with Crippen molar-refractivity contribution in [2.24, 2.45) is 0 Å². The highest BCUT2D eigenvalue weighted by atomic mass is 16.5. The smallest absolute Gasteiger partial charge is 0.196 e. The number of nitrogens with one attached hydrogen (secondary N) is 1. The van der Waals surface area contributed by atoms with E-state index in [1.54, 1.807) is 14.2 Å². The molecule has 3 aromatic carbocycles. The number of rotatable bonds is 4. The van der Waals surface area contributed by atoms with Crippen LogP contribution in [-0.2, 0) is 0 Å². The molecule has 29 heavy (non-hydrogen) atoms. The van der Waals surface area contributed by atoms with Gasteiger partial charge in [0.2, 0.25) is 0 Å². The minimum Gasteiger partial charge on any atom is -0.493 e. The van der Waals surface area contributed by atoms with Gasteiger partial charge >= 0.3 is 0 Å². The molecule has 5 nitrogen and oxygen atoms in total. The van der Waals surface area contributed by atoms with Crippen molar-refractivity contribution in [2.45, 2.75) is 12.3 Å². The molecule has 0 unspecified atom stereocenters. The summed E-state index contributed by atoms with van der Waals surface area (Å²) in [5.41, 5.74) is 7.90. The molecule has 2 aliphatic heterocycles. The van der Waals surface area contributed by atoms with Crippen molar-refractivity contribution in [3.8, 4) is 17.2 Å². The Morgan fingerprint density at radius 1 is 0.862 bits per heavy atom. The van der Waals surface area contributed by atoms with Gasteiger partial charge in [0, 0.05) is 11.1 Å². The maximum absolute atomic E-state index is 6.42. The van der Waals surface area contributed by atoms with Crippen LogP contribution in [0.4, 0.5) is 0 Å². The Bertz CT molecular complexity index is 1060. The Morgan fingerprint density at radius 3 is 2.41 bits per heavy atom. The largest absolute Gasteiger partial charge is 0.493 e. The van der Waals surface area contributed by atoms with Gasteiger partial charge in [-0.25, -0.2) is 0 Å². The molecule has 1 N–H and O–H groups in total. The number of fused-ring (bicyclic) bond motifs is 3. The molecule has 146 valence electrons. The number of methoxy groups -OCH3 is 2. The fourth-order valence-electron chi connectivity index (χ4n) is 3.95. The highest BCUT2D eigenvalue weighted by Crippen LogP contribution is 2.46. The van der Waals surface area contributed by atoms with Crippen molar-refractivity contribution >= 4 is 5.70 Å². The molecule has 2 aliphatic rings. The van der Waals surface area contributed by atoms with E-state index in [4.69, 9.17) is 14.2 Å². The van der Waals surface area contributed by atoms with Gasteiger partial charge in [-0.3, -0.25) is 0 Å². The monoisotopic (exact) mass is 386 g/mol. The Morgan fingerprint density at radius 2 is 1.62 bits per heavy atom. The number of benzene rings is 3. The molecule has 3 aromatic rings. The maximum Gasteiger partial charge on any atom is 0.196 e. The fourth-order valence-corrected chi connectivity index (χ4v) is 3.95. The van der Waals surface area contributed by atoms with Crippen LogP contribution in [0.1, 0.15) is 29.0 Å². The zero-order valence-electron chi connectivity index (χ0n) is 16.3. The maximum atomic E-state index is 6.42. The lowest BCUT2D eigenvalue weighted by Crippen LogP contribution is -2.43. The SMILES string of the molecule is COc1ccc([C@@H]2Oc3ccccc3[C@@H]3C=C(c4ccccc4)NN32)cc1OC. The van der Waals surface area contributed by atoms with Crippen LogP contribution in [0, 0.1) is 0 Å². The van der Waals surface area contributed by atoms with E-state index in [0.717, 1.165) is 28.1 Å². The van der Waals surface area contributed by atoms with Crippen molar-refractivity contribution in [1.82, 2.24) is 10.4 Å². The lowest BCUT2D eigenvalue weighted by molar-refractivity contribution is -0.0327. The Balaban J connectivity index is 1.57. The predicted octanol–water partition coefficient (Wildman–Crippen LogP) is 4.70. The number of hydrogen-bond donors (Lipinski definition) is 1. The second kappa shape index (κ2) is 7.18. The number of ether oxygens (including phenoxy) is 3. The first kappa shape index (κ1) is 17.6. The summed E-state index contributed by atoms with van der Waals surface area (Å²) in [7, 11) is 3.28. The van der Waals surface area contributed by atoms with Crippen molar-refractivity contribution in [3.63, 3.8) is 0 Å². The van der Waals surface area contributed by atoms with E-state index >= 15 is 0 Å². The third kappa shape index (κ3) is 3.00. The van der Waals surface area contributed by atoms with Crippen LogP contribution < -0.4 is 19.6 Å². The summed E-state index contributed by atoms with van der Waals surface area (Å²) in [6, 6.07) is 24.5. The summed E-state index contributed by atoms with van der Waals surface area (Å²) in [6.07, 6.45) is 1.94. The Kier molecular flexibility index (Phi) is 4.37. The summed E-state index contributed by atoms with van der Waals surface area (Å²) < 4.78 is 17.3. The Labute approximate surface area is 170 Å². The van der Waals surface area contributed by atoms with Crippen LogP contribution in [0.5, 0.6) is 17.2 Å². The van der Waals surface area contributed by atoms with Gasteiger partial charge in [0.05, 0.1) is 26.0 Å². The summed E-state index contributed by atoms with van der Waals surface area (Å²) >= 11 is 0. The number of para-hydroxylation sites is 1. The van der Waals surface area contributed by atoms with Gasteiger partial charge in [-0.2, -0.15) is 5.01 Å². The van der Waals surface area contributed by atoms with E-state index in [-0.39, 0.29) is 12.3 Å². The second-order valence-electron chi connectivity index (χ2n) is 7.03. The molecule has 0 fully saturated rings. The predicted molar refractivity (Wildman–Crippen MR) is 111 cm³/mol. The summed E-state index contributed by atoms with van der Waals surface area (Å²) in [4.78, 5) is 0. The first-order valence-electron chi connectivity index (χ1n) is 9.58. The normalized spacial score (nSPS) is 20.0. The molecule has 2 atom stereocenters. The van der Waals surface area contributed by atoms with Gasteiger partial charge in [0.15, 0.2) is 17.7 Å². The van der Waals surface area contributed by atoms with Gasteiger partial charge in [0.1, 0.15) is 5.75 Å². The summed E-state index contributed by atoms with van der Waals surface area (Å²) in [5.74, 6) is 2.27. The van der Waals surface area contributed by atoms with E-state index in [1.165, 1.54) is 0 Å². The molecule has 5 heteroatoms. The van der Waals surface area contributed by atoms with E-state index in [1.807, 2.05) is 54.6 Å². The van der Waals surface area contributed by atoms with Crippen LogP contribution in [0.2, 0.25) is 0 Å². The highest BCUT2D eigenvalue weighted by molar-refractivity contribution is 5.67. The number of hydrogen-bond acceptors (Lipinski definition) is 5. The van der Waals surface area contributed by atoms with Gasteiger partial charge in [-0.15, -0.1) is 0 Å². The fraction of sp³-hybridized carbons (Fsp3) is 0.167. The molecule has 0 amide bonds. The molecule has 0 saturated carbocycles. The second-order valence-corrected chi connectivity index (χ2v) is 7.03. The van der Waals surface area contributed by atoms with Crippen LogP contribution in [0.25, 0.3) is 5.70 Å². The molecule has 0 bridgehead atoms. The molecule has 0 saturated heterocycles. The molecule has 0 radical (unpaired) electrons. The number of hydrazine groups is 1. The van der Waals surface area contributed by atoms with Gasteiger partial charge in [-0.1, -0.05) is 48.5 Å². The van der Waals surface area contributed by atoms with Gasteiger partial charge < -0.3 is 19.6 Å². The molecular weight excluding hydrogens is 364 g/mol. The van der Waals surface area contributed by atoms with Gasteiger partial charge in [-0.05, 0) is 35.9 Å². The van der Waals surface area contributed by atoms with Crippen LogP contribution in [-0.4, -0.2) is 19.2 Å². The third-order valence-corrected chi connectivity index (χ3v) is 5.38. The van der Waals surface area contributed by atoms with E-state index in [2.05, 4.69) is 34.7 Å². The van der Waals surface area contributed by atoms with Crippen LogP contribution >= 0.6 is 0 Å². The molecular formula is C24H22N2O3. The zero-order valence-corrected chi connectivity index (χ0v) is 16.3. The first-order chi connectivity index (χ1) is 14.3. The van der Waals surface area contributed by atoms with Crippen LogP contribution in [0.3, 0.4) is 0 Å². The molecule has 2 heterocycles. The third-order valence-electron chi connectivity index (χ3n) is 5.38. The molecule has 0 aromatic heterocycles. The Hall–Kier alpha value is -3.44. The molecule has 5 rings (SSSR count). The van der Waals surface area contributed by atoms with Crippen molar-refractivity contribution < 1.29 is 14.2 Å². The highest BCUT2D eigenvalue weighted by Gasteiger charge is 2.40. The van der Waals surface area contributed by atoms with Crippen molar-refractivity contribution in [2.75, 3.05) is 14.2 Å². The first-order valence-corrected chi connectivity index (χ1v) is 9.58. The average Bonchev–Trinajstić information content (AvgIpc) is 3.24. The van der Waals surface area contributed by atoms with E-state index in [0.29, 0.717) is 11.5 Å². The van der Waals surface area contributed by atoms with Crippen molar-refractivity contribution in [1.29, 1.82) is 0 Å². The average molecular weight is 386 g/mol. The zero-order chi connectivity index (χ0) is 19.8. The molecule has 0 spiro atoms. The van der Waals surface area contributed by atoms with Gasteiger partial charge in [0.25, 0.3) is 0 Å². The van der Waals surface area contributed by atoms with E-state index < -0.39 is 0 Å². The standard InChI is InChI=1S/C24H22N2O3/c1-27-22-13-12-17(14-23(22)28-2)24-26-20(18-10-6-7-11-21(18)29-24)15-19(25-26)16-8-4-3-5-9-16/h3-15,20,24-25H,1-2H3/t20-,24-/m0/s1.